The van der Waals surface area contributed by atoms with E-state index in [1.165, 1.54) is 18.2 Å². The third-order valence-electron chi connectivity index (χ3n) is 2.94. The van der Waals surface area contributed by atoms with E-state index < -0.39 is 21.4 Å². The number of nitrogen functional groups attached to an aromatic ring is 1. The minimum absolute atomic E-state index is 0.00106. The number of aromatic nitrogens is 1. The van der Waals surface area contributed by atoms with E-state index in [4.69, 9.17) is 10.2 Å². The molecule has 0 spiro atoms. The fourth-order valence-corrected chi connectivity index (χ4v) is 3.24. The van der Waals surface area contributed by atoms with Crippen molar-refractivity contribution in [3.8, 4) is 0 Å². The first-order valence-electron chi connectivity index (χ1n) is 6.08. The molecule has 7 heteroatoms. The van der Waals surface area contributed by atoms with Crippen LogP contribution in [0.1, 0.15) is 5.89 Å². The van der Waals surface area contributed by atoms with Gasteiger partial charge in [-0.25, -0.2) is 17.8 Å². The lowest BCUT2D eigenvalue weighted by molar-refractivity contribution is 0.534. The predicted molar refractivity (Wildman–Crippen MR) is 75.7 cm³/mol. The summed E-state index contributed by atoms with van der Waals surface area (Å²) in [5.74, 6) is -1.31. The van der Waals surface area contributed by atoms with Crippen molar-refractivity contribution < 1.29 is 17.2 Å². The number of nitrogens with two attached hydrogens (primary N) is 1. The minimum Gasteiger partial charge on any atom is -0.439 e. The number of anilines is 1. The third-order valence-corrected chi connectivity index (χ3v) is 4.57. The fourth-order valence-electron chi connectivity index (χ4n) is 1.99. The van der Waals surface area contributed by atoms with Gasteiger partial charge in [0, 0.05) is 11.8 Å². The molecule has 3 aromatic rings. The average Bonchev–Trinajstić information content (AvgIpc) is 2.79. The Morgan fingerprint density at radius 2 is 1.95 bits per heavy atom. The van der Waals surface area contributed by atoms with Gasteiger partial charge in [-0.15, -0.1) is 0 Å². The van der Waals surface area contributed by atoms with Gasteiger partial charge in [-0.1, -0.05) is 12.1 Å². The summed E-state index contributed by atoms with van der Waals surface area (Å²) in [4.78, 5) is 3.70. The molecular weight excluding hydrogens is 295 g/mol. The van der Waals surface area contributed by atoms with Crippen LogP contribution in [0, 0.1) is 5.82 Å². The molecule has 0 saturated heterocycles. The molecule has 108 valence electrons. The quantitative estimate of drug-likeness (QED) is 0.751. The van der Waals surface area contributed by atoms with Gasteiger partial charge in [0.25, 0.3) is 0 Å². The Kier molecular flexibility index (Phi) is 3.13. The molecular formula is C14H11FN2O3S. The number of hydrogen-bond donors (Lipinski definition) is 1. The summed E-state index contributed by atoms with van der Waals surface area (Å²) in [7, 11) is -3.86. The van der Waals surface area contributed by atoms with Crippen LogP contribution in [-0.4, -0.2) is 13.4 Å². The normalized spacial score (nSPS) is 11.9. The highest BCUT2D eigenvalue weighted by atomic mass is 32.2. The Bertz CT molecular complexity index is 919. The van der Waals surface area contributed by atoms with E-state index in [0.29, 0.717) is 16.8 Å². The van der Waals surface area contributed by atoms with Crippen LogP contribution in [0.25, 0.3) is 11.1 Å². The van der Waals surface area contributed by atoms with E-state index in [-0.39, 0.29) is 10.8 Å². The second kappa shape index (κ2) is 4.85. The number of benzene rings is 2. The van der Waals surface area contributed by atoms with Crippen LogP contribution in [-0.2, 0) is 15.6 Å². The van der Waals surface area contributed by atoms with Gasteiger partial charge in [0.2, 0.25) is 5.89 Å². The molecule has 0 unspecified atom stereocenters. The second-order valence-corrected chi connectivity index (χ2v) is 6.48. The lowest BCUT2D eigenvalue weighted by Crippen LogP contribution is -2.07. The highest BCUT2D eigenvalue weighted by molar-refractivity contribution is 7.90. The van der Waals surface area contributed by atoms with Crippen LogP contribution < -0.4 is 5.73 Å². The van der Waals surface area contributed by atoms with Gasteiger partial charge in [-0.3, -0.25) is 0 Å². The van der Waals surface area contributed by atoms with Crippen molar-refractivity contribution >= 4 is 26.6 Å². The second-order valence-electron chi connectivity index (χ2n) is 4.52. The Morgan fingerprint density at radius 1 is 1.19 bits per heavy atom. The number of fused-ring (bicyclic) bond motifs is 1. The molecule has 0 fully saturated rings. The van der Waals surface area contributed by atoms with Gasteiger partial charge in [-0.2, -0.15) is 0 Å². The molecule has 5 nitrogen and oxygen atoms in total. The van der Waals surface area contributed by atoms with Crippen molar-refractivity contribution in [3.63, 3.8) is 0 Å². The van der Waals surface area contributed by atoms with Crippen LogP contribution >= 0.6 is 0 Å². The van der Waals surface area contributed by atoms with Gasteiger partial charge < -0.3 is 10.2 Å². The molecule has 21 heavy (non-hydrogen) atoms. The average molecular weight is 306 g/mol. The number of halogens is 1. The predicted octanol–water partition coefficient (Wildman–Crippen LogP) is 2.52. The first kappa shape index (κ1) is 13.6. The molecule has 2 aromatic carbocycles. The zero-order chi connectivity index (χ0) is 15.0. The summed E-state index contributed by atoms with van der Waals surface area (Å²) in [6.45, 7) is 0. The molecule has 0 amide bonds. The Hall–Kier alpha value is -2.41. The zero-order valence-electron chi connectivity index (χ0n) is 10.8. The molecule has 0 aliphatic carbocycles. The van der Waals surface area contributed by atoms with Crippen molar-refractivity contribution in [1.29, 1.82) is 0 Å². The van der Waals surface area contributed by atoms with Gasteiger partial charge in [0.1, 0.15) is 22.0 Å². The van der Waals surface area contributed by atoms with E-state index in [1.54, 1.807) is 18.2 Å². The van der Waals surface area contributed by atoms with Crippen LogP contribution in [0.2, 0.25) is 0 Å². The van der Waals surface area contributed by atoms with Crippen LogP contribution in [0.15, 0.2) is 51.8 Å². The first-order chi connectivity index (χ1) is 9.95. The summed E-state index contributed by atoms with van der Waals surface area (Å²) in [5.41, 5.74) is 7.00. The Balaban J connectivity index is 1.99. The fraction of sp³-hybridized carbons (Fsp3) is 0.0714. The molecule has 0 radical (unpaired) electrons. The number of oxazole rings is 1. The SMILES string of the molecule is Nc1ccc2nc(CS(=O)(=O)c3ccccc3F)oc2c1. The van der Waals surface area contributed by atoms with E-state index >= 15 is 0 Å². The van der Waals surface area contributed by atoms with Gasteiger partial charge in [0.15, 0.2) is 15.4 Å². The standard InChI is InChI=1S/C14H11FN2O3S/c15-10-3-1-2-4-13(10)21(18,19)8-14-17-11-6-5-9(16)7-12(11)20-14/h1-7H,8,16H2. The van der Waals surface area contributed by atoms with Crippen LogP contribution in [0.5, 0.6) is 0 Å². The summed E-state index contributed by atoms with van der Waals surface area (Å²) in [6.07, 6.45) is 0. The topological polar surface area (TPSA) is 86.2 Å². The Morgan fingerprint density at radius 3 is 2.71 bits per heavy atom. The molecule has 1 aromatic heterocycles. The maximum Gasteiger partial charge on any atom is 0.211 e. The van der Waals surface area contributed by atoms with Gasteiger partial charge >= 0.3 is 0 Å². The summed E-state index contributed by atoms with van der Waals surface area (Å²) >= 11 is 0. The van der Waals surface area contributed by atoms with Crippen molar-refractivity contribution in [3.05, 3.63) is 54.2 Å². The number of hydrogen-bond acceptors (Lipinski definition) is 5. The molecule has 3 rings (SSSR count). The van der Waals surface area contributed by atoms with Gasteiger partial charge in [0.05, 0.1) is 0 Å². The Labute approximate surface area is 120 Å². The molecule has 0 atom stereocenters. The number of sulfone groups is 1. The molecule has 0 aliphatic rings. The van der Waals surface area contributed by atoms with E-state index in [1.807, 2.05) is 0 Å². The number of rotatable bonds is 3. The highest BCUT2D eigenvalue weighted by Gasteiger charge is 2.22. The monoisotopic (exact) mass is 306 g/mol. The lowest BCUT2D eigenvalue weighted by atomic mass is 10.3. The maximum absolute atomic E-state index is 13.6. The summed E-state index contributed by atoms with van der Waals surface area (Å²) < 4.78 is 43.4. The van der Waals surface area contributed by atoms with Crippen molar-refractivity contribution in [2.24, 2.45) is 0 Å². The van der Waals surface area contributed by atoms with Gasteiger partial charge in [-0.05, 0) is 24.3 Å². The molecule has 0 saturated carbocycles. The number of nitrogens with zero attached hydrogens (tertiary/aromatic N) is 1. The van der Waals surface area contributed by atoms with Crippen LogP contribution in [0.4, 0.5) is 10.1 Å². The van der Waals surface area contributed by atoms with Crippen molar-refractivity contribution in [1.82, 2.24) is 4.98 Å². The lowest BCUT2D eigenvalue weighted by Gasteiger charge is -2.02. The van der Waals surface area contributed by atoms with E-state index in [2.05, 4.69) is 4.98 Å². The molecule has 1 heterocycles. The maximum atomic E-state index is 13.6. The third kappa shape index (κ3) is 2.59. The largest absolute Gasteiger partial charge is 0.439 e. The van der Waals surface area contributed by atoms with Crippen LogP contribution in [0.3, 0.4) is 0 Å². The smallest absolute Gasteiger partial charge is 0.211 e. The zero-order valence-corrected chi connectivity index (χ0v) is 11.6. The summed E-state index contributed by atoms with van der Waals surface area (Å²) in [6, 6.07) is 10.0. The highest BCUT2D eigenvalue weighted by Crippen LogP contribution is 2.23. The van der Waals surface area contributed by atoms with E-state index in [9.17, 15) is 12.8 Å². The first-order valence-corrected chi connectivity index (χ1v) is 7.73. The summed E-state index contributed by atoms with van der Waals surface area (Å²) in [5, 5.41) is 0. The molecule has 0 bridgehead atoms. The van der Waals surface area contributed by atoms with Crippen molar-refractivity contribution in [2.45, 2.75) is 10.6 Å². The molecule has 0 aliphatic heterocycles. The molecule has 2 N–H and O–H groups in total. The van der Waals surface area contributed by atoms with E-state index in [0.717, 1.165) is 6.07 Å². The van der Waals surface area contributed by atoms with Crippen molar-refractivity contribution in [2.75, 3.05) is 5.73 Å². The minimum atomic E-state index is -3.86.